The van der Waals surface area contributed by atoms with Gasteiger partial charge in [-0.1, -0.05) is 39.0 Å². The molecule has 2 heterocycles. The van der Waals surface area contributed by atoms with Crippen molar-refractivity contribution >= 4 is 11.5 Å². The van der Waals surface area contributed by atoms with Crippen molar-refractivity contribution in [1.29, 1.82) is 0 Å². The van der Waals surface area contributed by atoms with Gasteiger partial charge in [0.2, 0.25) is 0 Å². The summed E-state index contributed by atoms with van der Waals surface area (Å²) in [4.78, 5) is 28.5. The van der Waals surface area contributed by atoms with E-state index in [4.69, 9.17) is 0 Å². The van der Waals surface area contributed by atoms with Crippen molar-refractivity contribution in [3.05, 3.63) is 26.4 Å². The molecule has 21 heavy (non-hydrogen) atoms. The molecule has 0 radical (unpaired) electrons. The molecule has 0 spiro atoms. The first-order valence-electron chi connectivity index (χ1n) is 7.91. The summed E-state index contributed by atoms with van der Waals surface area (Å²) in [5.41, 5.74) is 1.21. The lowest BCUT2D eigenvalue weighted by molar-refractivity contribution is 0.615. The van der Waals surface area contributed by atoms with Gasteiger partial charge in [0.25, 0.3) is 5.56 Å². The van der Waals surface area contributed by atoms with E-state index in [1.807, 2.05) is 0 Å². The van der Waals surface area contributed by atoms with Gasteiger partial charge in [0.05, 0.1) is 5.56 Å². The van der Waals surface area contributed by atoms with Crippen LogP contribution in [0.3, 0.4) is 0 Å². The van der Waals surface area contributed by atoms with Crippen molar-refractivity contribution in [2.45, 2.75) is 58.3 Å². The molecule has 1 aliphatic heterocycles. The molecule has 5 heteroatoms. The number of hydrogen-bond donors (Lipinski definition) is 0. The highest BCUT2D eigenvalue weighted by Crippen LogP contribution is 2.23. The van der Waals surface area contributed by atoms with Gasteiger partial charge >= 0.3 is 5.69 Å². The van der Waals surface area contributed by atoms with Crippen LogP contribution in [0.25, 0.3) is 0 Å². The van der Waals surface area contributed by atoms with Gasteiger partial charge in [0.15, 0.2) is 0 Å². The Morgan fingerprint density at radius 3 is 2.38 bits per heavy atom. The number of nitrogens with zero attached hydrogens (tertiary/aromatic N) is 3. The first-order valence-corrected chi connectivity index (χ1v) is 7.91. The van der Waals surface area contributed by atoms with Gasteiger partial charge < -0.3 is 0 Å². The Morgan fingerprint density at radius 1 is 1.00 bits per heavy atom. The minimum atomic E-state index is -0.302. The van der Waals surface area contributed by atoms with Crippen molar-refractivity contribution < 1.29 is 0 Å². The Bertz CT molecular complexity index is 653. The molecule has 0 aliphatic carbocycles. The van der Waals surface area contributed by atoms with Crippen LogP contribution in [0.5, 0.6) is 0 Å². The Hall–Kier alpha value is -1.65. The third kappa shape index (κ3) is 3.34. The molecule has 0 aromatic carbocycles. The van der Waals surface area contributed by atoms with Gasteiger partial charge in [-0.05, 0) is 12.8 Å². The molecule has 0 bridgehead atoms. The largest absolute Gasteiger partial charge is 0.332 e. The number of unbranched alkanes of at least 4 members (excludes halogenated alkanes) is 5. The van der Waals surface area contributed by atoms with Gasteiger partial charge in [-0.25, -0.2) is 9.79 Å². The minimum absolute atomic E-state index is 0.199. The van der Waals surface area contributed by atoms with Gasteiger partial charge in [-0.3, -0.25) is 13.9 Å². The molecule has 0 unspecified atom stereocenters. The lowest BCUT2D eigenvalue weighted by Crippen LogP contribution is -2.38. The molecule has 116 valence electrons. The molecule has 1 aliphatic rings. The maximum absolute atomic E-state index is 12.1. The first-order chi connectivity index (χ1) is 10.1. The van der Waals surface area contributed by atoms with Crippen LogP contribution in [0.1, 0.15) is 57.4 Å². The Morgan fingerprint density at radius 2 is 1.67 bits per heavy atom. The van der Waals surface area contributed by atoms with Gasteiger partial charge in [0.1, 0.15) is 5.82 Å². The molecule has 1 aromatic rings. The summed E-state index contributed by atoms with van der Waals surface area (Å²) in [5.74, 6) is 0.559. The van der Waals surface area contributed by atoms with E-state index in [9.17, 15) is 9.59 Å². The van der Waals surface area contributed by atoms with E-state index in [0.717, 1.165) is 18.6 Å². The summed E-state index contributed by atoms with van der Waals surface area (Å²) in [6.45, 7) is 2.22. The Labute approximate surface area is 125 Å². The standard InChI is InChI=1S/C16H25N3O2/c1-4-5-6-7-8-9-10-12-11-13-14(17-12)18(2)16(21)19(3)15(13)20/h4-11H2,1-3H3. The fourth-order valence-electron chi connectivity index (χ4n) is 2.85. The maximum Gasteiger partial charge on any atom is 0.332 e. The average molecular weight is 291 g/mol. The van der Waals surface area contributed by atoms with E-state index < -0.39 is 0 Å². The monoisotopic (exact) mass is 291 g/mol. The van der Waals surface area contributed by atoms with E-state index >= 15 is 0 Å². The number of rotatable bonds is 7. The molecule has 2 rings (SSSR count). The smallest absolute Gasteiger partial charge is 0.281 e. The van der Waals surface area contributed by atoms with Crippen LogP contribution >= 0.6 is 0 Å². The molecule has 0 saturated carbocycles. The van der Waals surface area contributed by atoms with Crippen LogP contribution in [0.15, 0.2) is 14.6 Å². The minimum Gasteiger partial charge on any atom is -0.281 e. The van der Waals surface area contributed by atoms with Crippen LogP contribution in [-0.4, -0.2) is 14.8 Å². The third-order valence-electron chi connectivity index (χ3n) is 4.19. The van der Waals surface area contributed by atoms with Crippen LogP contribution < -0.4 is 11.2 Å². The summed E-state index contributed by atoms with van der Waals surface area (Å²) in [6, 6.07) is 0. The lowest BCUT2D eigenvalue weighted by Gasteiger charge is -2.05. The highest BCUT2D eigenvalue weighted by atomic mass is 16.2. The Kier molecular flexibility index (Phi) is 5.15. The highest BCUT2D eigenvalue weighted by molar-refractivity contribution is 5.93. The molecule has 0 amide bonds. The second-order valence-electron chi connectivity index (χ2n) is 5.88. The van der Waals surface area contributed by atoms with Crippen LogP contribution in [0, 0.1) is 0 Å². The van der Waals surface area contributed by atoms with Crippen LogP contribution in [0.2, 0.25) is 0 Å². The molecule has 1 aromatic heterocycles. The molecule has 0 atom stereocenters. The van der Waals surface area contributed by atoms with Gasteiger partial charge in [-0.15, -0.1) is 0 Å². The van der Waals surface area contributed by atoms with E-state index in [2.05, 4.69) is 11.9 Å². The molecule has 0 saturated heterocycles. The molecular weight excluding hydrogens is 266 g/mol. The molecular formula is C16H25N3O2. The van der Waals surface area contributed by atoms with E-state index in [-0.39, 0.29) is 11.2 Å². The maximum atomic E-state index is 12.1. The van der Waals surface area contributed by atoms with E-state index in [1.165, 1.54) is 48.3 Å². The summed E-state index contributed by atoms with van der Waals surface area (Å²) < 4.78 is 2.65. The van der Waals surface area contributed by atoms with Crippen molar-refractivity contribution in [1.82, 2.24) is 9.13 Å². The fourth-order valence-corrected chi connectivity index (χ4v) is 2.85. The quantitative estimate of drug-likeness (QED) is 0.725. The summed E-state index contributed by atoms with van der Waals surface area (Å²) in [5, 5.41) is 0. The van der Waals surface area contributed by atoms with Gasteiger partial charge in [-0.2, -0.15) is 0 Å². The molecule has 0 fully saturated rings. The van der Waals surface area contributed by atoms with Gasteiger partial charge in [0, 0.05) is 26.2 Å². The predicted octanol–water partition coefficient (Wildman–Crippen LogP) is 2.46. The second-order valence-corrected chi connectivity index (χ2v) is 5.88. The first kappa shape index (κ1) is 15.7. The summed E-state index contributed by atoms with van der Waals surface area (Å²) >= 11 is 0. The number of fused-ring (bicyclic) bond motifs is 1. The normalized spacial score (nSPS) is 13.4. The SMILES string of the molecule is CCCCCCCCC1=Nc2c(c(=O)n(C)c(=O)n2C)C1. The number of hydrogen-bond acceptors (Lipinski definition) is 3. The van der Waals surface area contributed by atoms with Crippen LogP contribution in [-0.2, 0) is 20.5 Å². The second kappa shape index (κ2) is 6.87. The zero-order valence-corrected chi connectivity index (χ0v) is 13.3. The topological polar surface area (TPSA) is 56.4 Å². The Balaban J connectivity index is 1.98. The number of aliphatic imine (C=N–C) groups is 1. The van der Waals surface area contributed by atoms with Crippen molar-refractivity contribution in [3.8, 4) is 0 Å². The van der Waals surface area contributed by atoms with Crippen molar-refractivity contribution in [2.24, 2.45) is 19.1 Å². The highest BCUT2D eigenvalue weighted by Gasteiger charge is 2.22. The zero-order chi connectivity index (χ0) is 15.4. The van der Waals surface area contributed by atoms with E-state index in [1.54, 1.807) is 7.05 Å². The molecule has 0 N–H and O–H groups in total. The summed E-state index contributed by atoms with van der Waals surface area (Å²) in [6.07, 6.45) is 9.01. The van der Waals surface area contributed by atoms with Crippen LogP contribution in [0.4, 0.5) is 5.82 Å². The van der Waals surface area contributed by atoms with Crippen molar-refractivity contribution in [2.75, 3.05) is 0 Å². The molecule has 5 nitrogen and oxygen atoms in total. The number of aromatic nitrogens is 2. The summed E-state index contributed by atoms with van der Waals surface area (Å²) in [7, 11) is 3.20. The fraction of sp³-hybridized carbons (Fsp3) is 0.688. The zero-order valence-electron chi connectivity index (χ0n) is 13.3. The predicted molar refractivity (Wildman–Crippen MR) is 85.7 cm³/mol. The third-order valence-corrected chi connectivity index (χ3v) is 4.19. The van der Waals surface area contributed by atoms with Crippen molar-refractivity contribution in [3.63, 3.8) is 0 Å². The lowest BCUT2D eigenvalue weighted by atomic mass is 10.1. The van der Waals surface area contributed by atoms with E-state index in [0.29, 0.717) is 17.8 Å². The average Bonchev–Trinajstić information content (AvgIpc) is 2.91.